The Labute approximate surface area is 370 Å². The summed E-state index contributed by atoms with van der Waals surface area (Å²) in [4.78, 5) is 23.8. The molecule has 0 radical (unpaired) electrons. The van der Waals surface area contributed by atoms with Crippen LogP contribution in [0.2, 0.25) is 0 Å². The third-order valence-corrected chi connectivity index (χ3v) is 11.9. The molecule has 0 amide bonds. The lowest BCUT2D eigenvalue weighted by atomic mass is 9.97. The number of hydrogen-bond donors (Lipinski definition) is 6. The number of hydrogen-bond acceptors (Lipinski definition) is 19. The molecule has 5 heterocycles. The Kier molecular flexibility index (Phi) is 20.0. The molecule has 0 spiro atoms. The van der Waals surface area contributed by atoms with Gasteiger partial charge in [-0.25, -0.2) is 0 Å². The van der Waals surface area contributed by atoms with Crippen LogP contribution in [0.3, 0.4) is 0 Å². The second-order valence-corrected chi connectivity index (χ2v) is 18.2. The van der Waals surface area contributed by atoms with Gasteiger partial charge in [0.2, 0.25) is 0 Å². The fourth-order valence-electron chi connectivity index (χ4n) is 8.55. The van der Waals surface area contributed by atoms with E-state index in [4.69, 9.17) is 52.1 Å². The van der Waals surface area contributed by atoms with Crippen molar-refractivity contribution >= 4 is 11.9 Å². The lowest BCUT2D eigenvalue weighted by Gasteiger charge is -2.46. The van der Waals surface area contributed by atoms with Crippen LogP contribution in [0.5, 0.6) is 0 Å². The topological polar surface area (TPSA) is 257 Å². The molecule has 5 fully saturated rings. The predicted molar refractivity (Wildman–Crippen MR) is 219 cm³/mol. The molecule has 5 rings (SSSR count). The van der Waals surface area contributed by atoms with Crippen LogP contribution in [0.25, 0.3) is 0 Å². The Morgan fingerprint density at radius 3 is 1.87 bits per heavy atom. The van der Waals surface area contributed by atoms with E-state index in [0.29, 0.717) is 12.8 Å². The molecule has 0 aromatic rings. The van der Waals surface area contributed by atoms with Crippen molar-refractivity contribution in [1.82, 2.24) is 0 Å². The van der Waals surface area contributed by atoms with Crippen LogP contribution in [-0.2, 0) is 61.7 Å². The van der Waals surface area contributed by atoms with Gasteiger partial charge in [-0.1, -0.05) is 50.7 Å². The van der Waals surface area contributed by atoms with Gasteiger partial charge in [0.05, 0.1) is 12.7 Å². The molecule has 1 unspecified atom stereocenters. The van der Waals surface area contributed by atoms with Gasteiger partial charge in [0.1, 0.15) is 86.5 Å². The Hall–Kier alpha value is -1.92. The molecule has 0 aliphatic carbocycles. The first-order valence-electron chi connectivity index (χ1n) is 22.8. The fraction of sp³-hybridized carbons (Fsp3) is 0.909. The number of aliphatic hydroxyl groups excluding tert-OH is 6. The van der Waals surface area contributed by atoms with Gasteiger partial charge in [-0.3, -0.25) is 9.59 Å². The Morgan fingerprint density at radius 1 is 0.619 bits per heavy atom. The minimum Gasteiger partial charge on any atom is -0.463 e. The highest BCUT2D eigenvalue weighted by Gasteiger charge is 2.61. The first-order valence-corrected chi connectivity index (χ1v) is 22.8. The number of unbranched alkanes of at least 4 members (excludes halogenated alkanes) is 9. The Morgan fingerprint density at radius 2 is 1.19 bits per heavy atom. The van der Waals surface area contributed by atoms with E-state index in [2.05, 4.69) is 12.2 Å². The van der Waals surface area contributed by atoms with Crippen molar-refractivity contribution in [2.75, 3.05) is 19.8 Å². The summed E-state index contributed by atoms with van der Waals surface area (Å²) < 4.78 is 64.0. The molecule has 0 aromatic carbocycles. The number of esters is 2. The van der Waals surface area contributed by atoms with E-state index in [1.165, 1.54) is 0 Å². The second-order valence-electron chi connectivity index (χ2n) is 18.2. The predicted octanol–water partition coefficient (Wildman–Crippen LogP) is 2.15. The summed E-state index contributed by atoms with van der Waals surface area (Å²) in [5.41, 5.74) is 0. The van der Waals surface area contributed by atoms with E-state index in [-0.39, 0.29) is 24.8 Å². The minimum atomic E-state index is -1.76. The van der Waals surface area contributed by atoms with Crippen molar-refractivity contribution in [3.05, 3.63) is 12.2 Å². The van der Waals surface area contributed by atoms with Gasteiger partial charge in [0.25, 0.3) is 0 Å². The largest absolute Gasteiger partial charge is 0.463 e. The van der Waals surface area contributed by atoms with Crippen LogP contribution >= 0.6 is 0 Å². The molecule has 6 N–H and O–H groups in total. The highest BCUT2D eigenvalue weighted by atomic mass is 16.9. The maximum absolute atomic E-state index is 12.5. The van der Waals surface area contributed by atoms with Crippen LogP contribution in [0.4, 0.5) is 0 Å². The van der Waals surface area contributed by atoms with Gasteiger partial charge in [0.15, 0.2) is 30.4 Å². The van der Waals surface area contributed by atoms with Crippen LogP contribution in [-0.4, -0.2) is 172 Å². The van der Waals surface area contributed by atoms with Crippen LogP contribution < -0.4 is 0 Å². The second kappa shape index (κ2) is 24.2. The zero-order chi connectivity index (χ0) is 45.9. The van der Waals surface area contributed by atoms with Gasteiger partial charge in [0, 0.05) is 13.3 Å². The summed E-state index contributed by atoms with van der Waals surface area (Å²) in [6.45, 7) is 9.35. The molecular formula is C44H74O19. The number of carbonyl (C=O) groups excluding carboxylic acids is 2. The number of aliphatic hydroxyl groups is 6. The maximum atomic E-state index is 12.5. The fourth-order valence-corrected chi connectivity index (χ4v) is 8.55. The Bertz CT molecular complexity index is 1430. The lowest BCUT2D eigenvalue weighted by molar-refractivity contribution is -0.371. The number of carbonyl (C=O) groups is 2. The van der Waals surface area contributed by atoms with Crippen molar-refractivity contribution in [3.8, 4) is 0 Å². The SMILES string of the molecule is CC(=O)OC[C@H]1O[C@@H](O[C@H]2[C@H](OC(C)CCCCCC/C=C\CCCCCCCC(=O)OC[C@H]3O[C@@H]4OC(C)(C)O[C@@H]4[C@H]4OC(C)(C)O[C@H]43)O[C@H](CO)[C@@H](O)[C@@H]2O)[C@H](O)[C@@H](O)[C@@H]1O. The van der Waals surface area contributed by atoms with Gasteiger partial charge in [-0.15, -0.1) is 0 Å². The molecule has 5 aliphatic rings. The first-order chi connectivity index (χ1) is 29.9. The van der Waals surface area contributed by atoms with Crippen molar-refractivity contribution in [2.45, 2.75) is 235 Å². The number of ether oxygens (including phenoxy) is 11. The monoisotopic (exact) mass is 906 g/mol. The molecule has 16 atom stereocenters. The lowest BCUT2D eigenvalue weighted by Crippen LogP contribution is -2.65. The highest BCUT2D eigenvalue weighted by Crippen LogP contribution is 2.44. The summed E-state index contributed by atoms with van der Waals surface area (Å²) >= 11 is 0. The van der Waals surface area contributed by atoms with Crippen LogP contribution in [0.1, 0.15) is 125 Å². The van der Waals surface area contributed by atoms with E-state index in [0.717, 1.165) is 77.6 Å². The molecule has 0 bridgehead atoms. The van der Waals surface area contributed by atoms with Gasteiger partial charge in [-0.2, -0.15) is 0 Å². The quantitative estimate of drug-likeness (QED) is 0.0461. The van der Waals surface area contributed by atoms with E-state index in [9.17, 15) is 40.2 Å². The zero-order valence-corrected chi connectivity index (χ0v) is 37.7. The smallest absolute Gasteiger partial charge is 0.305 e. The number of rotatable bonds is 24. The molecule has 0 aromatic heterocycles. The molecule has 63 heavy (non-hydrogen) atoms. The summed E-state index contributed by atoms with van der Waals surface area (Å²) in [5, 5.41) is 62.5. The maximum Gasteiger partial charge on any atom is 0.305 e. The summed E-state index contributed by atoms with van der Waals surface area (Å²) in [7, 11) is 0. The van der Waals surface area contributed by atoms with Gasteiger partial charge < -0.3 is 82.7 Å². The third kappa shape index (κ3) is 15.0. The minimum absolute atomic E-state index is 0.0596. The van der Waals surface area contributed by atoms with Crippen molar-refractivity contribution in [2.24, 2.45) is 0 Å². The summed E-state index contributed by atoms with van der Waals surface area (Å²) in [6.07, 6.45) is -1.53. The van der Waals surface area contributed by atoms with E-state index in [1.54, 1.807) is 0 Å². The van der Waals surface area contributed by atoms with Crippen LogP contribution in [0.15, 0.2) is 12.2 Å². The molecule has 5 aliphatic heterocycles. The van der Waals surface area contributed by atoms with Gasteiger partial charge in [-0.05, 0) is 73.1 Å². The van der Waals surface area contributed by atoms with Crippen molar-refractivity contribution in [1.29, 1.82) is 0 Å². The van der Waals surface area contributed by atoms with E-state index >= 15 is 0 Å². The number of fused-ring (bicyclic) bond motifs is 3. The number of allylic oxidation sites excluding steroid dienone is 2. The van der Waals surface area contributed by atoms with Crippen molar-refractivity contribution < 1.29 is 92.3 Å². The third-order valence-electron chi connectivity index (χ3n) is 11.9. The molecule has 19 nitrogen and oxygen atoms in total. The van der Waals surface area contributed by atoms with Gasteiger partial charge >= 0.3 is 11.9 Å². The normalized spacial score (nSPS) is 37.7. The highest BCUT2D eigenvalue weighted by molar-refractivity contribution is 5.69. The van der Waals surface area contributed by atoms with E-state index in [1.807, 2.05) is 34.6 Å². The molecule has 19 heteroatoms. The Balaban J connectivity index is 0.891. The average molecular weight is 907 g/mol. The van der Waals surface area contributed by atoms with Crippen LogP contribution in [0, 0.1) is 0 Å². The summed E-state index contributed by atoms with van der Waals surface area (Å²) in [6, 6.07) is 0. The average Bonchev–Trinajstić information content (AvgIpc) is 3.73. The molecule has 0 saturated carbocycles. The van der Waals surface area contributed by atoms with Crippen molar-refractivity contribution in [3.63, 3.8) is 0 Å². The van der Waals surface area contributed by atoms with E-state index < -0.39 is 117 Å². The first kappa shape index (κ1) is 52.1. The summed E-state index contributed by atoms with van der Waals surface area (Å²) in [5.74, 6) is -2.53. The standard InChI is InChI=1S/C44H74O19/c1-25(55-41-37(34(51)31(48)27(22-45)56-41)59-40-35(52)33(50)32(49)28(57-40)23-53-26(2)46)20-18-16-14-12-10-8-7-9-11-13-15-17-19-21-30(47)54-24-29-36-38(61-43(3,4)60-36)39-42(58-29)63-44(5,6)62-39/h7-8,25,27-29,31-42,45,48-52H,9-24H2,1-6H3/b8-7-/t25?,27-,28-,29-,31-,32-,33+,34+,35-,36+,37-,38+,39-,40+,41-,42-/m1/s1. The molecular weight excluding hydrogens is 832 g/mol. The molecule has 5 saturated heterocycles. The molecule has 364 valence electrons. The zero-order valence-electron chi connectivity index (χ0n) is 37.7.